The molecule has 1 aliphatic rings. The molecule has 4 heteroatoms. The number of carbonyl (C=O) groups excluding carboxylic acids is 2. The first-order valence-corrected chi connectivity index (χ1v) is 12.4. The average Bonchev–Trinajstić information content (AvgIpc) is 2.84. The molecule has 2 aromatic carbocycles. The van der Waals surface area contributed by atoms with E-state index in [0.717, 1.165) is 25.7 Å². The summed E-state index contributed by atoms with van der Waals surface area (Å²) in [6.45, 7) is 9.07. The van der Waals surface area contributed by atoms with E-state index < -0.39 is 0 Å². The quantitative estimate of drug-likeness (QED) is 0.452. The van der Waals surface area contributed by atoms with Gasteiger partial charge in [0.15, 0.2) is 0 Å². The summed E-state index contributed by atoms with van der Waals surface area (Å²) < 4.78 is 0. The number of piperidine rings is 1. The van der Waals surface area contributed by atoms with Crippen LogP contribution in [0.25, 0.3) is 0 Å². The Morgan fingerprint density at radius 2 is 1.51 bits per heavy atom. The van der Waals surface area contributed by atoms with Crippen LogP contribution in [0.15, 0.2) is 97.1 Å². The summed E-state index contributed by atoms with van der Waals surface area (Å²) in [6.07, 6.45) is 11.9. The molecule has 0 bridgehead atoms. The van der Waals surface area contributed by atoms with Crippen molar-refractivity contribution in [2.75, 3.05) is 13.1 Å². The molecule has 1 fully saturated rings. The molecular formula is C31H40N2O2. The number of nitrogens with zero attached hydrogens (tertiary/aromatic N) is 1. The molecule has 0 spiro atoms. The summed E-state index contributed by atoms with van der Waals surface area (Å²) in [5.74, 6) is -0.0546. The van der Waals surface area contributed by atoms with Crippen molar-refractivity contribution >= 4 is 11.8 Å². The van der Waals surface area contributed by atoms with E-state index in [-0.39, 0.29) is 17.2 Å². The molecule has 35 heavy (non-hydrogen) atoms. The Labute approximate surface area is 211 Å². The molecule has 2 N–H and O–H groups in total. The minimum atomic E-state index is -0.255. The van der Waals surface area contributed by atoms with Gasteiger partial charge in [-0.15, -0.1) is 0 Å². The summed E-state index contributed by atoms with van der Waals surface area (Å²) in [6, 6.07) is 20.3. The summed E-state index contributed by atoms with van der Waals surface area (Å²) >= 11 is 0. The Bertz CT molecular complexity index is 981. The van der Waals surface area contributed by atoms with Crippen LogP contribution in [0, 0.1) is 5.41 Å². The number of primary amides is 1. The van der Waals surface area contributed by atoms with E-state index in [0.29, 0.717) is 25.9 Å². The molecule has 0 saturated carbocycles. The van der Waals surface area contributed by atoms with Gasteiger partial charge in [0.25, 0.3) is 0 Å². The molecule has 3 rings (SSSR count). The molecule has 0 radical (unpaired) electrons. The van der Waals surface area contributed by atoms with Crippen LogP contribution in [0.2, 0.25) is 0 Å². The zero-order valence-electron chi connectivity index (χ0n) is 21.3. The minimum absolute atomic E-state index is 0.136. The number of rotatable bonds is 9. The van der Waals surface area contributed by atoms with E-state index >= 15 is 0 Å². The molecule has 4 nitrogen and oxygen atoms in total. The van der Waals surface area contributed by atoms with Gasteiger partial charge in [-0.2, -0.15) is 0 Å². The maximum absolute atomic E-state index is 12.6. The molecule has 2 amide bonds. The van der Waals surface area contributed by atoms with Crippen molar-refractivity contribution in [3.05, 3.63) is 108 Å². The van der Waals surface area contributed by atoms with Gasteiger partial charge in [0, 0.05) is 25.9 Å². The van der Waals surface area contributed by atoms with Crippen LogP contribution in [0.4, 0.5) is 0 Å². The normalized spacial score (nSPS) is 14.5. The topological polar surface area (TPSA) is 63.4 Å². The van der Waals surface area contributed by atoms with Gasteiger partial charge in [0.05, 0.1) is 0 Å². The molecule has 0 atom stereocenters. The van der Waals surface area contributed by atoms with Crippen LogP contribution in [-0.2, 0) is 22.4 Å². The minimum Gasteiger partial charge on any atom is -0.370 e. The Balaban J connectivity index is 0.000000466. The van der Waals surface area contributed by atoms with Crippen molar-refractivity contribution in [1.29, 1.82) is 0 Å². The Hall–Kier alpha value is -3.40. The van der Waals surface area contributed by atoms with Crippen LogP contribution in [0.5, 0.6) is 0 Å². The first-order valence-electron chi connectivity index (χ1n) is 12.4. The van der Waals surface area contributed by atoms with Crippen molar-refractivity contribution in [3.8, 4) is 0 Å². The van der Waals surface area contributed by atoms with Crippen LogP contribution in [-0.4, -0.2) is 29.8 Å². The number of likely N-dealkylation sites (tertiary alicyclic amines) is 1. The highest BCUT2D eigenvalue weighted by atomic mass is 16.2. The standard InChI is InChI=1S/C23H28N2O2.C8H12/c24-21(26)18-23(17-20-9-5-2-6-10-20)13-15-25(16-14-23)22(27)12-11-19-7-3-1-4-8-19;1-4-5-6-7-8(2)3/h1-10H,11-18H2,(H2,24,26);4-7H,1H2,2-3H3/b;6-5-. The van der Waals surface area contributed by atoms with Crippen molar-refractivity contribution in [2.24, 2.45) is 11.1 Å². The van der Waals surface area contributed by atoms with Gasteiger partial charge in [-0.1, -0.05) is 97.1 Å². The fourth-order valence-corrected chi connectivity index (χ4v) is 4.43. The molecule has 0 aliphatic carbocycles. The third-order valence-electron chi connectivity index (χ3n) is 6.30. The van der Waals surface area contributed by atoms with Gasteiger partial charge in [0.2, 0.25) is 11.8 Å². The number of benzene rings is 2. The van der Waals surface area contributed by atoms with Crippen LogP contribution in [0.3, 0.4) is 0 Å². The van der Waals surface area contributed by atoms with E-state index in [1.807, 2.05) is 59.5 Å². The summed E-state index contributed by atoms with van der Waals surface area (Å²) in [5, 5.41) is 0. The number of carbonyl (C=O) groups is 2. The van der Waals surface area contributed by atoms with Crippen LogP contribution in [0.1, 0.15) is 50.7 Å². The predicted molar refractivity (Wildman–Crippen MR) is 146 cm³/mol. The first kappa shape index (κ1) is 27.8. The molecule has 186 valence electrons. The Kier molecular flexibility index (Phi) is 11.8. The summed E-state index contributed by atoms with van der Waals surface area (Å²) in [4.78, 5) is 26.2. The van der Waals surface area contributed by atoms with Gasteiger partial charge in [-0.05, 0) is 56.1 Å². The number of amides is 2. The lowest BCUT2D eigenvalue weighted by Crippen LogP contribution is -2.45. The molecule has 1 heterocycles. The number of aryl methyl sites for hydroxylation is 1. The molecule has 2 aromatic rings. The molecule has 1 aliphatic heterocycles. The lowest BCUT2D eigenvalue weighted by atomic mass is 9.71. The maximum atomic E-state index is 12.6. The molecule has 0 unspecified atom stereocenters. The van der Waals surface area contributed by atoms with Crippen molar-refractivity contribution < 1.29 is 9.59 Å². The zero-order valence-corrected chi connectivity index (χ0v) is 21.3. The Morgan fingerprint density at radius 3 is 2.03 bits per heavy atom. The number of hydrogen-bond donors (Lipinski definition) is 1. The monoisotopic (exact) mass is 472 g/mol. The predicted octanol–water partition coefficient (Wildman–Crippen LogP) is 6.04. The van der Waals surface area contributed by atoms with Crippen molar-refractivity contribution in [1.82, 2.24) is 4.90 Å². The first-order chi connectivity index (χ1) is 16.8. The number of allylic oxidation sites excluding steroid dienone is 5. The average molecular weight is 473 g/mol. The van der Waals surface area contributed by atoms with Crippen molar-refractivity contribution in [2.45, 2.75) is 52.4 Å². The van der Waals surface area contributed by atoms with Gasteiger partial charge in [-0.25, -0.2) is 0 Å². The Morgan fingerprint density at radius 1 is 0.943 bits per heavy atom. The smallest absolute Gasteiger partial charge is 0.222 e. The van der Waals surface area contributed by atoms with Crippen LogP contribution < -0.4 is 5.73 Å². The second kappa shape index (κ2) is 14.8. The highest BCUT2D eigenvalue weighted by molar-refractivity contribution is 5.77. The van der Waals surface area contributed by atoms with E-state index in [9.17, 15) is 9.59 Å². The highest BCUT2D eigenvalue weighted by Gasteiger charge is 2.37. The van der Waals surface area contributed by atoms with E-state index in [2.05, 4.69) is 44.7 Å². The highest BCUT2D eigenvalue weighted by Crippen LogP contribution is 2.38. The fourth-order valence-electron chi connectivity index (χ4n) is 4.43. The van der Waals surface area contributed by atoms with Crippen molar-refractivity contribution in [3.63, 3.8) is 0 Å². The fraction of sp³-hybridized carbons (Fsp3) is 0.355. The second-order valence-corrected chi connectivity index (χ2v) is 9.54. The van der Waals surface area contributed by atoms with Gasteiger partial charge < -0.3 is 10.6 Å². The molecular weight excluding hydrogens is 432 g/mol. The lowest BCUT2D eigenvalue weighted by Gasteiger charge is -2.41. The third kappa shape index (κ3) is 10.6. The van der Waals surface area contributed by atoms with E-state index in [4.69, 9.17) is 5.73 Å². The largest absolute Gasteiger partial charge is 0.370 e. The van der Waals surface area contributed by atoms with E-state index in [1.165, 1.54) is 16.7 Å². The zero-order chi connectivity index (χ0) is 25.5. The number of hydrogen-bond acceptors (Lipinski definition) is 2. The number of nitrogens with two attached hydrogens (primary N) is 1. The summed E-state index contributed by atoms with van der Waals surface area (Å²) in [5.41, 5.74) is 9.14. The van der Waals surface area contributed by atoms with Gasteiger partial charge in [0.1, 0.15) is 0 Å². The maximum Gasteiger partial charge on any atom is 0.222 e. The van der Waals surface area contributed by atoms with Crippen LogP contribution >= 0.6 is 0 Å². The lowest BCUT2D eigenvalue weighted by molar-refractivity contribution is -0.134. The third-order valence-corrected chi connectivity index (χ3v) is 6.30. The second-order valence-electron chi connectivity index (χ2n) is 9.54. The van der Waals surface area contributed by atoms with E-state index in [1.54, 1.807) is 6.08 Å². The van der Waals surface area contributed by atoms with Gasteiger partial charge in [-0.3, -0.25) is 9.59 Å². The summed E-state index contributed by atoms with van der Waals surface area (Å²) in [7, 11) is 0. The SMILES string of the molecule is C=C/C=C\C=C(C)C.NC(=O)CC1(Cc2ccccc2)CCN(C(=O)CCc2ccccc2)CC1. The molecule has 1 saturated heterocycles. The molecule has 0 aromatic heterocycles. The van der Waals surface area contributed by atoms with Gasteiger partial charge >= 0.3 is 0 Å².